The van der Waals surface area contributed by atoms with Crippen molar-refractivity contribution in [3.05, 3.63) is 51.1 Å². The summed E-state index contributed by atoms with van der Waals surface area (Å²) in [5.74, 6) is 0.125. The largest absolute Gasteiger partial charge is 0.495 e. The van der Waals surface area contributed by atoms with Crippen LogP contribution in [0.15, 0.2) is 36.4 Å². The Balaban J connectivity index is 2.27. The summed E-state index contributed by atoms with van der Waals surface area (Å²) in [6, 6.07) is 10.7. The maximum absolute atomic E-state index is 12.4. The highest BCUT2D eigenvalue weighted by atomic mass is 127. The maximum atomic E-state index is 12.4. The summed E-state index contributed by atoms with van der Waals surface area (Å²) in [4.78, 5) is 23.7. The minimum atomic E-state index is -0.208. The topological polar surface area (TPSA) is 67.4 Å². The van der Waals surface area contributed by atoms with Crippen molar-refractivity contribution in [1.82, 2.24) is 0 Å². The number of carbonyl (C=O) groups excluding carboxylic acids is 2. The van der Waals surface area contributed by atoms with Crippen LogP contribution in [0.5, 0.6) is 5.75 Å². The van der Waals surface area contributed by atoms with Gasteiger partial charge in [-0.3, -0.25) is 9.59 Å². The highest BCUT2D eigenvalue weighted by Gasteiger charge is 2.13. The van der Waals surface area contributed by atoms with Gasteiger partial charge in [0.2, 0.25) is 5.91 Å². The van der Waals surface area contributed by atoms with Crippen molar-refractivity contribution in [2.75, 3.05) is 17.7 Å². The average molecular weight is 424 g/mol. The molecule has 0 radical (unpaired) electrons. The molecule has 0 aromatic heterocycles. The molecule has 0 aliphatic heterocycles. The van der Waals surface area contributed by atoms with Gasteiger partial charge < -0.3 is 15.4 Å². The van der Waals surface area contributed by atoms with E-state index in [1.54, 1.807) is 24.3 Å². The molecule has 23 heavy (non-hydrogen) atoms. The number of halogens is 1. The van der Waals surface area contributed by atoms with Crippen LogP contribution in [0.25, 0.3) is 0 Å². The number of amides is 2. The van der Waals surface area contributed by atoms with Gasteiger partial charge in [-0.05, 0) is 59.3 Å². The molecular formula is C17H17IN2O3. The SMILES string of the molecule is COc1ccc(NC(=O)c2cccc(C)c2I)cc1NC(C)=O. The van der Waals surface area contributed by atoms with Crippen molar-refractivity contribution < 1.29 is 14.3 Å². The van der Waals surface area contributed by atoms with Crippen LogP contribution in [0.3, 0.4) is 0 Å². The van der Waals surface area contributed by atoms with Crippen LogP contribution in [0.1, 0.15) is 22.8 Å². The van der Waals surface area contributed by atoms with Gasteiger partial charge in [0.15, 0.2) is 0 Å². The van der Waals surface area contributed by atoms with Crippen LogP contribution >= 0.6 is 22.6 Å². The minimum absolute atomic E-state index is 0.197. The monoisotopic (exact) mass is 424 g/mol. The molecular weight excluding hydrogens is 407 g/mol. The number of hydrogen-bond acceptors (Lipinski definition) is 3. The molecule has 0 aliphatic carbocycles. The van der Waals surface area contributed by atoms with Crippen LogP contribution in [0.2, 0.25) is 0 Å². The Kier molecular flexibility index (Phi) is 5.59. The lowest BCUT2D eigenvalue weighted by molar-refractivity contribution is -0.114. The summed E-state index contributed by atoms with van der Waals surface area (Å²) < 4.78 is 6.11. The van der Waals surface area contributed by atoms with Crippen LogP contribution in [0.4, 0.5) is 11.4 Å². The van der Waals surface area contributed by atoms with Crippen molar-refractivity contribution in [1.29, 1.82) is 0 Å². The van der Waals surface area contributed by atoms with Crippen LogP contribution in [-0.4, -0.2) is 18.9 Å². The van der Waals surface area contributed by atoms with Gasteiger partial charge >= 0.3 is 0 Å². The van der Waals surface area contributed by atoms with Crippen LogP contribution < -0.4 is 15.4 Å². The second kappa shape index (κ2) is 7.45. The Bertz CT molecular complexity index is 759. The van der Waals surface area contributed by atoms with Gasteiger partial charge in [0.05, 0.1) is 18.4 Å². The number of aryl methyl sites for hydroxylation is 1. The first-order valence-electron chi connectivity index (χ1n) is 6.94. The quantitative estimate of drug-likeness (QED) is 0.734. The third-order valence-electron chi connectivity index (χ3n) is 3.20. The molecule has 0 fully saturated rings. The third-order valence-corrected chi connectivity index (χ3v) is 4.64. The standard InChI is InChI=1S/C17H17IN2O3/c1-10-5-4-6-13(16(10)18)17(22)20-12-7-8-15(23-3)14(9-12)19-11(2)21/h4-9H,1-3H3,(H,19,21)(H,20,22). The number of rotatable bonds is 4. The molecule has 0 saturated carbocycles. The van der Waals surface area contributed by atoms with Gasteiger partial charge in [-0.15, -0.1) is 0 Å². The predicted molar refractivity (Wildman–Crippen MR) is 99.1 cm³/mol. The summed E-state index contributed by atoms with van der Waals surface area (Å²) in [6.07, 6.45) is 0. The Hall–Kier alpha value is -2.09. The molecule has 0 bridgehead atoms. The normalized spacial score (nSPS) is 10.1. The zero-order valence-corrected chi connectivity index (χ0v) is 15.2. The molecule has 0 saturated heterocycles. The Morgan fingerprint density at radius 3 is 2.52 bits per heavy atom. The van der Waals surface area contributed by atoms with Gasteiger partial charge in [-0.2, -0.15) is 0 Å². The fourth-order valence-corrected chi connectivity index (χ4v) is 2.70. The van der Waals surface area contributed by atoms with E-state index in [1.165, 1.54) is 14.0 Å². The number of hydrogen-bond donors (Lipinski definition) is 2. The number of anilines is 2. The van der Waals surface area contributed by atoms with E-state index in [4.69, 9.17) is 4.74 Å². The molecule has 0 spiro atoms. The number of methoxy groups -OCH3 is 1. The molecule has 2 rings (SSSR count). The second-order valence-electron chi connectivity index (χ2n) is 4.99. The molecule has 0 aliphatic rings. The first-order valence-corrected chi connectivity index (χ1v) is 8.02. The van der Waals surface area contributed by atoms with E-state index >= 15 is 0 Å². The maximum Gasteiger partial charge on any atom is 0.256 e. The first-order chi connectivity index (χ1) is 10.9. The van der Waals surface area contributed by atoms with Crippen molar-refractivity contribution in [2.24, 2.45) is 0 Å². The average Bonchev–Trinajstić information content (AvgIpc) is 2.49. The van der Waals surface area contributed by atoms with Crippen molar-refractivity contribution in [3.8, 4) is 5.75 Å². The van der Waals surface area contributed by atoms with Gasteiger partial charge in [0, 0.05) is 16.2 Å². The number of carbonyl (C=O) groups is 2. The third kappa shape index (κ3) is 4.22. The van der Waals surface area contributed by atoms with Gasteiger partial charge in [-0.25, -0.2) is 0 Å². The molecule has 0 atom stereocenters. The minimum Gasteiger partial charge on any atom is -0.495 e. The van der Waals surface area contributed by atoms with E-state index in [0.717, 1.165) is 9.13 Å². The first kappa shape index (κ1) is 17.3. The highest BCUT2D eigenvalue weighted by Crippen LogP contribution is 2.28. The van der Waals surface area contributed by atoms with E-state index in [1.807, 2.05) is 19.1 Å². The van der Waals surface area contributed by atoms with E-state index in [2.05, 4.69) is 33.2 Å². The van der Waals surface area contributed by atoms with E-state index < -0.39 is 0 Å². The summed E-state index contributed by atoms with van der Waals surface area (Å²) >= 11 is 2.16. The molecule has 2 aromatic rings. The van der Waals surface area contributed by atoms with E-state index in [-0.39, 0.29) is 11.8 Å². The molecule has 120 valence electrons. The Morgan fingerprint density at radius 2 is 1.87 bits per heavy atom. The van der Waals surface area contributed by atoms with E-state index in [0.29, 0.717) is 22.7 Å². The van der Waals surface area contributed by atoms with Crippen molar-refractivity contribution >= 4 is 45.8 Å². The van der Waals surface area contributed by atoms with Gasteiger partial charge in [0.25, 0.3) is 5.91 Å². The molecule has 0 heterocycles. The number of nitrogens with one attached hydrogen (secondary N) is 2. The lowest BCUT2D eigenvalue weighted by Crippen LogP contribution is -2.14. The zero-order valence-electron chi connectivity index (χ0n) is 13.1. The number of benzene rings is 2. The molecule has 0 unspecified atom stereocenters. The highest BCUT2D eigenvalue weighted by molar-refractivity contribution is 14.1. The zero-order chi connectivity index (χ0) is 17.0. The summed E-state index contributed by atoms with van der Waals surface area (Å²) in [7, 11) is 1.52. The smallest absolute Gasteiger partial charge is 0.256 e. The Morgan fingerprint density at radius 1 is 1.13 bits per heavy atom. The Labute approximate surface area is 148 Å². The lowest BCUT2D eigenvalue weighted by Gasteiger charge is -2.13. The van der Waals surface area contributed by atoms with Gasteiger partial charge in [-0.1, -0.05) is 12.1 Å². The lowest BCUT2D eigenvalue weighted by atomic mass is 10.1. The summed E-state index contributed by atoms with van der Waals surface area (Å²) in [6.45, 7) is 3.38. The van der Waals surface area contributed by atoms with Crippen molar-refractivity contribution in [3.63, 3.8) is 0 Å². The second-order valence-corrected chi connectivity index (χ2v) is 6.07. The van der Waals surface area contributed by atoms with Crippen LogP contribution in [-0.2, 0) is 4.79 Å². The molecule has 6 heteroatoms. The summed E-state index contributed by atoms with van der Waals surface area (Å²) in [5.41, 5.74) is 2.75. The fraction of sp³-hybridized carbons (Fsp3) is 0.176. The fourth-order valence-electron chi connectivity index (χ4n) is 2.09. The molecule has 2 amide bonds. The number of ether oxygens (including phenoxy) is 1. The molecule has 5 nitrogen and oxygen atoms in total. The molecule has 2 N–H and O–H groups in total. The summed E-state index contributed by atoms with van der Waals surface area (Å²) in [5, 5.41) is 5.52. The van der Waals surface area contributed by atoms with E-state index in [9.17, 15) is 9.59 Å². The van der Waals surface area contributed by atoms with Gasteiger partial charge in [0.1, 0.15) is 5.75 Å². The van der Waals surface area contributed by atoms with Crippen molar-refractivity contribution in [2.45, 2.75) is 13.8 Å². The van der Waals surface area contributed by atoms with Crippen LogP contribution in [0, 0.1) is 10.5 Å². The molecule has 2 aromatic carbocycles. The predicted octanol–water partition coefficient (Wildman–Crippen LogP) is 3.82.